The van der Waals surface area contributed by atoms with Crippen molar-refractivity contribution in [1.29, 1.82) is 0 Å². The van der Waals surface area contributed by atoms with E-state index < -0.39 is 0 Å². The molecule has 0 heterocycles. The summed E-state index contributed by atoms with van der Waals surface area (Å²) in [5.41, 5.74) is 1.28. The third-order valence-electron chi connectivity index (χ3n) is 3.14. The van der Waals surface area contributed by atoms with Crippen molar-refractivity contribution in [3.05, 3.63) is 54.1 Å². The highest BCUT2D eigenvalue weighted by atomic mass is 32.1. The van der Waals surface area contributed by atoms with Crippen LogP contribution in [0.4, 0.5) is 5.69 Å². The molecule has 0 fully saturated rings. The maximum Gasteiger partial charge on any atom is 0.257 e. The lowest BCUT2D eigenvalue weighted by Crippen LogP contribution is -2.34. The van der Waals surface area contributed by atoms with Gasteiger partial charge in [-0.05, 0) is 81.5 Å². The predicted molar refractivity (Wildman–Crippen MR) is 104 cm³/mol. The van der Waals surface area contributed by atoms with Crippen molar-refractivity contribution in [2.45, 2.75) is 26.9 Å². The maximum absolute atomic E-state index is 12.2. The molecule has 0 radical (unpaired) electrons. The Morgan fingerprint density at radius 2 is 1.64 bits per heavy atom. The van der Waals surface area contributed by atoms with Gasteiger partial charge in [0.05, 0.1) is 12.7 Å². The van der Waals surface area contributed by atoms with Gasteiger partial charge in [0.2, 0.25) is 0 Å². The van der Waals surface area contributed by atoms with E-state index in [0.29, 0.717) is 12.2 Å². The summed E-state index contributed by atoms with van der Waals surface area (Å²) in [5.74, 6) is 1.23. The molecule has 0 atom stereocenters. The first kappa shape index (κ1) is 18.7. The van der Waals surface area contributed by atoms with Gasteiger partial charge in [0, 0.05) is 11.3 Å². The van der Waals surface area contributed by atoms with Crippen molar-refractivity contribution in [2.75, 3.05) is 11.9 Å². The molecule has 0 spiro atoms. The minimum Gasteiger partial charge on any atom is -0.494 e. The van der Waals surface area contributed by atoms with Crippen molar-refractivity contribution in [1.82, 2.24) is 5.32 Å². The highest BCUT2D eigenvalue weighted by Crippen LogP contribution is 2.16. The SMILES string of the molecule is CCOc1ccc(NC(=S)NC(=O)c2ccc(OC(C)C)cc2)cc1. The van der Waals surface area contributed by atoms with Gasteiger partial charge in [-0.25, -0.2) is 0 Å². The molecule has 0 aliphatic rings. The molecule has 5 nitrogen and oxygen atoms in total. The second kappa shape index (κ2) is 9.03. The van der Waals surface area contributed by atoms with Crippen molar-refractivity contribution < 1.29 is 14.3 Å². The Morgan fingerprint density at radius 1 is 1.04 bits per heavy atom. The van der Waals surface area contributed by atoms with Crippen LogP contribution in [0.25, 0.3) is 0 Å². The second-order valence-corrected chi connectivity index (χ2v) is 5.96. The molecule has 25 heavy (non-hydrogen) atoms. The Morgan fingerprint density at radius 3 is 2.20 bits per heavy atom. The molecule has 1 amide bonds. The number of amides is 1. The number of benzene rings is 2. The van der Waals surface area contributed by atoms with E-state index in [-0.39, 0.29) is 17.1 Å². The second-order valence-electron chi connectivity index (χ2n) is 5.56. The maximum atomic E-state index is 12.2. The van der Waals surface area contributed by atoms with Gasteiger partial charge in [0.25, 0.3) is 5.91 Å². The number of ether oxygens (including phenoxy) is 2. The van der Waals surface area contributed by atoms with Gasteiger partial charge in [-0.15, -0.1) is 0 Å². The van der Waals surface area contributed by atoms with E-state index in [2.05, 4.69) is 10.6 Å². The monoisotopic (exact) mass is 358 g/mol. The molecule has 0 saturated heterocycles. The molecule has 0 bridgehead atoms. The third kappa shape index (κ3) is 6.08. The summed E-state index contributed by atoms with van der Waals surface area (Å²) in [6.07, 6.45) is 0.0885. The van der Waals surface area contributed by atoms with E-state index in [0.717, 1.165) is 17.2 Å². The Hall–Kier alpha value is -2.60. The molecule has 2 aromatic rings. The van der Waals surface area contributed by atoms with Gasteiger partial charge in [-0.2, -0.15) is 0 Å². The van der Waals surface area contributed by atoms with Gasteiger partial charge in [0.1, 0.15) is 11.5 Å². The summed E-state index contributed by atoms with van der Waals surface area (Å²) in [5, 5.41) is 5.86. The Bertz CT molecular complexity index is 712. The number of hydrogen-bond donors (Lipinski definition) is 2. The van der Waals surface area contributed by atoms with Crippen molar-refractivity contribution >= 4 is 28.9 Å². The van der Waals surface area contributed by atoms with Crippen LogP contribution in [0.3, 0.4) is 0 Å². The van der Waals surface area contributed by atoms with E-state index in [4.69, 9.17) is 21.7 Å². The van der Waals surface area contributed by atoms with Crippen LogP contribution in [-0.2, 0) is 0 Å². The molecular formula is C19H22N2O3S. The summed E-state index contributed by atoms with van der Waals surface area (Å²) in [6, 6.07) is 14.3. The fraction of sp³-hybridized carbons (Fsp3) is 0.263. The number of nitrogens with one attached hydrogen (secondary N) is 2. The summed E-state index contributed by atoms with van der Waals surface area (Å²) in [6.45, 7) is 6.44. The molecule has 132 valence electrons. The molecule has 0 aliphatic carbocycles. The highest BCUT2D eigenvalue weighted by Gasteiger charge is 2.09. The number of rotatable bonds is 6. The fourth-order valence-corrected chi connectivity index (χ4v) is 2.31. The molecule has 2 rings (SSSR count). The lowest BCUT2D eigenvalue weighted by molar-refractivity contribution is 0.0977. The standard InChI is InChI=1S/C19H22N2O3S/c1-4-23-16-11-7-15(8-12-16)20-19(25)21-18(22)14-5-9-17(10-6-14)24-13(2)3/h5-13H,4H2,1-3H3,(H2,20,21,22,25). The number of carbonyl (C=O) groups excluding carboxylic acids is 1. The molecular weight excluding hydrogens is 336 g/mol. The summed E-state index contributed by atoms with van der Waals surface area (Å²) >= 11 is 5.18. The van der Waals surface area contributed by atoms with Crippen molar-refractivity contribution in [3.8, 4) is 11.5 Å². The Kier molecular flexibility index (Phi) is 6.77. The minimum absolute atomic E-state index is 0.0885. The zero-order valence-corrected chi connectivity index (χ0v) is 15.4. The first-order valence-corrected chi connectivity index (χ1v) is 8.50. The van der Waals surface area contributed by atoms with E-state index >= 15 is 0 Å². The molecule has 0 aromatic heterocycles. The van der Waals surface area contributed by atoms with Gasteiger partial charge in [-0.1, -0.05) is 0 Å². The number of hydrogen-bond acceptors (Lipinski definition) is 4. The van der Waals surface area contributed by atoms with Crippen molar-refractivity contribution in [2.24, 2.45) is 0 Å². The average Bonchev–Trinajstić information content (AvgIpc) is 2.57. The minimum atomic E-state index is -0.278. The van der Waals surface area contributed by atoms with Gasteiger partial charge in [0.15, 0.2) is 5.11 Å². The summed E-state index contributed by atoms with van der Waals surface area (Å²) in [4.78, 5) is 12.2. The van der Waals surface area contributed by atoms with E-state index in [9.17, 15) is 4.79 Å². The third-order valence-corrected chi connectivity index (χ3v) is 3.34. The molecule has 2 aromatic carbocycles. The van der Waals surface area contributed by atoms with Gasteiger partial charge >= 0.3 is 0 Å². The van der Waals surface area contributed by atoms with E-state index in [1.165, 1.54) is 0 Å². The number of carbonyl (C=O) groups is 1. The lowest BCUT2D eigenvalue weighted by Gasteiger charge is -2.12. The Labute approximate surface area is 153 Å². The summed E-state index contributed by atoms with van der Waals surface area (Å²) < 4.78 is 10.9. The van der Waals surface area contributed by atoms with Crippen LogP contribution >= 0.6 is 12.2 Å². The van der Waals surface area contributed by atoms with Crippen LogP contribution in [-0.4, -0.2) is 23.7 Å². The van der Waals surface area contributed by atoms with Gasteiger partial charge in [-0.3, -0.25) is 10.1 Å². The normalized spacial score (nSPS) is 10.2. The molecule has 6 heteroatoms. The quantitative estimate of drug-likeness (QED) is 0.765. The van der Waals surface area contributed by atoms with Crippen LogP contribution in [0.5, 0.6) is 11.5 Å². The van der Waals surface area contributed by atoms with Crippen LogP contribution in [0.2, 0.25) is 0 Å². The zero-order valence-electron chi connectivity index (χ0n) is 14.5. The molecule has 0 saturated carbocycles. The highest BCUT2D eigenvalue weighted by molar-refractivity contribution is 7.80. The number of thiocarbonyl (C=S) groups is 1. The van der Waals surface area contributed by atoms with Crippen LogP contribution in [0.1, 0.15) is 31.1 Å². The van der Waals surface area contributed by atoms with E-state index in [1.807, 2.05) is 45.0 Å². The Balaban J connectivity index is 1.90. The van der Waals surface area contributed by atoms with Crippen LogP contribution in [0.15, 0.2) is 48.5 Å². The van der Waals surface area contributed by atoms with Crippen LogP contribution < -0.4 is 20.1 Å². The fourth-order valence-electron chi connectivity index (χ4n) is 2.10. The predicted octanol–water partition coefficient (Wildman–Crippen LogP) is 4.00. The zero-order chi connectivity index (χ0) is 18.2. The van der Waals surface area contributed by atoms with Gasteiger partial charge < -0.3 is 14.8 Å². The lowest BCUT2D eigenvalue weighted by atomic mass is 10.2. The van der Waals surface area contributed by atoms with E-state index in [1.54, 1.807) is 24.3 Å². The van der Waals surface area contributed by atoms with Crippen LogP contribution in [0, 0.1) is 0 Å². The largest absolute Gasteiger partial charge is 0.494 e. The average molecular weight is 358 g/mol. The molecule has 2 N–H and O–H groups in total. The van der Waals surface area contributed by atoms with Crippen molar-refractivity contribution in [3.63, 3.8) is 0 Å². The topological polar surface area (TPSA) is 59.6 Å². The first-order chi connectivity index (χ1) is 12.0. The first-order valence-electron chi connectivity index (χ1n) is 8.10. The smallest absolute Gasteiger partial charge is 0.257 e. The molecule has 0 unspecified atom stereocenters. The summed E-state index contributed by atoms with van der Waals surface area (Å²) in [7, 11) is 0. The number of anilines is 1. The molecule has 0 aliphatic heterocycles.